The second-order valence-corrected chi connectivity index (χ2v) is 5.02. The number of rotatable bonds is 4. The summed E-state index contributed by atoms with van der Waals surface area (Å²) in [6.07, 6.45) is 2.41. The average molecular weight is 233 g/mol. The fourth-order valence-electron chi connectivity index (χ4n) is 1.64. The molecule has 4 N–H and O–H groups in total. The Morgan fingerprint density at radius 2 is 2.24 bits per heavy atom. The Hall–Kier alpha value is -1.55. The van der Waals surface area contributed by atoms with Gasteiger partial charge in [-0.3, -0.25) is 0 Å². The van der Waals surface area contributed by atoms with E-state index in [1.165, 1.54) is 12.8 Å². The lowest BCUT2D eigenvalue weighted by Gasteiger charge is -2.11. The first-order chi connectivity index (χ1) is 8.11. The number of nitrogens with one attached hydrogen (secondary N) is 2. The van der Waals surface area contributed by atoms with E-state index in [0.717, 1.165) is 17.8 Å². The molecule has 1 aliphatic rings. The third-order valence-corrected chi connectivity index (χ3v) is 3.20. The Balaban J connectivity index is 1.84. The molecule has 17 heavy (non-hydrogen) atoms. The summed E-state index contributed by atoms with van der Waals surface area (Å²) in [6.45, 7) is 3.41. The first-order valence-corrected chi connectivity index (χ1v) is 5.95. The van der Waals surface area contributed by atoms with E-state index in [2.05, 4.69) is 17.6 Å². The molecule has 0 aliphatic heterocycles. The summed E-state index contributed by atoms with van der Waals surface area (Å²) in [5, 5.41) is 5.70. The van der Waals surface area contributed by atoms with Gasteiger partial charge in [0.25, 0.3) is 0 Å². The van der Waals surface area contributed by atoms with Crippen LogP contribution in [0.15, 0.2) is 24.3 Å². The highest BCUT2D eigenvalue weighted by molar-refractivity contribution is 5.89. The van der Waals surface area contributed by atoms with E-state index in [9.17, 15) is 4.79 Å². The Morgan fingerprint density at radius 3 is 2.88 bits per heavy atom. The van der Waals surface area contributed by atoms with Crippen molar-refractivity contribution in [1.29, 1.82) is 0 Å². The van der Waals surface area contributed by atoms with Gasteiger partial charge in [-0.05, 0) is 36.0 Å². The predicted octanol–water partition coefficient (Wildman–Crippen LogP) is 2.07. The van der Waals surface area contributed by atoms with Gasteiger partial charge in [0.1, 0.15) is 0 Å². The van der Waals surface area contributed by atoms with Crippen molar-refractivity contribution < 1.29 is 4.79 Å². The number of benzene rings is 1. The molecule has 0 saturated heterocycles. The van der Waals surface area contributed by atoms with Gasteiger partial charge in [0.2, 0.25) is 0 Å². The summed E-state index contributed by atoms with van der Waals surface area (Å²) in [5.74, 6) is 0. The molecular formula is C13H19N3O. The molecule has 2 amide bonds. The van der Waals surface area contributed by atoms with E-state index >= 15 is 0 Å². The largest absolute Gasteiger partial charge is 0.337 e. The van der Waals surface area contributed by atoms with Crippen molar-refractivity contribution >= 4 is 11.7 Å². The van der Waals surface area contributed by atoms with Crippen LogP contribution in [0.4, 0.5) is 10.5 Å². The van der Waals surface area contributed by atoms with Crippen molar-refractivity contribution in [3.63, 3.8) is 0 Å². The molecule has 0 radical (unpaired) electrons. The van der Waals surface area contributed by atoms with Gasteiger partial charge in [-0.1, -0.05) is 19.1 Å². The summed E-state index contributed by atoms with van der Waals surface area (Å²) in [5.41, 5.74) is 7.67. The lowest BCUT2D eigenvalue weighted by atomic mass is 10.1. The molecule has 0 unspecified atom stereocenters. The van der Waals surface area contributed by atoms with Gasteiger partial charge >= 0.3 is 6.03 Å². The van der Waals surface area contributed by atoms with E-state index in [0.29, 0.717) is 12.0 Å². The van der Waals surface area contributed by atoms with Gasteiger partial charge in [0.05, 0.1) is 0 Å². The second-order valence-electron chi connectivity index (χ2n) is 5.02. The average Bonchev–Trinajstić information content (AvgIpc) is 3.06. The van der Waals surface area contributed by atoms with Crippen molar-refractivity contribution in [2.45, 2.75) is 26.3 Å². The van der Waals surface area contributed by atoms with E-state index in [1.54, 1.807) is 0 Å². The third-order valence-electron chi connectivity index (χ3n) is 3.20. The number of hydrogen-bond donors (Lipinski definition) is 3. The third kappa shape index (κ3) is 3.46. The zero-order chi connectivity index (χ0) is 12.3. The van der Waals surface area contributed by atoms with Crippen LogP contribution >= 0.6 is 0 Å². The SMILES string of the molecule is CC1(CNC(=O)Nc2cccc(CN)c2)CC1. The maximum absolute atomic E-state index is 11.6. The van der Waals surface area contributed by atoms with Crippen LogP contribution in [0, 0.1) is 5.41 Å². The van der Waals surface area contributed by atoms with Crippen molar-refractivity contribution in [3.05, 3.63) is 29.8 Å². The normalized spacial score (nSPS) is 16.4. The molecular weight excluding hydrogens is 214 g/mol. The monoisotopic (exact) mass is 233 g/mol. The number of urea groups is 1. The highest BCUT2D eigenvalue weighted by Crippen LogP contribution is 2.43. The van der Waals surface area contributed by atoms with Gasteiger partial charge in [0.15, 0.2) is 0 Å². The number of hydrogen-bond acceptors (Lipinski definition) is 2. The topological polar surface area (TPSA) is 67.2 Å². The number of nitrogens with two attached hydrogens (primary N) is 1. The van der Waals surface area contributed by atoms with Crippen LogP contribution in [-0.4, -0.2) is 12.6 Å². The minimum atomic E-state index is -0.146. The molecule has 0 atom stereocenters. The summed E-state index contributed by atoms with van der Waals surface area (Å²) >= 11 is 0. The second kappa shape index (κ2) is 4.75. The van der Waals surface area contributed by atoms with E-state index in [4.69, 9.17) is 5.73 Å². The summed E-state index contributed by atoms with van der Waals surface area (Å²) in [7, 11) is 0. The van der Waals surface area contributed by atoms with Crippen LogP contribution in [0.25, 0.3) is 0 Å². The van der Waals surface area contributed by atoms with Crippen molar-refractivity contribution in [2.24, 2.45) is 11.1 Å². The molecule has 4 heteroatoms. The first-order valence-electron chi connectivity index (χ1n) is 5.95. The molecule has 1 aromatic rings. The minimum Gasteiger partial charge on any atom is -0.337 e. The molecule has 92 valence electrons. The first kappa shape index (κ1) is 11.9. The maximum Gasteiger partial charge on any atom is 0.319 e. The summed E-state index contributed by atoms with van der Waals surface area (Å²) in [6, 6.07) is 7.43. The number of anilines is 1. The van der Waals surface area contributed by atoms with Crippen molar-refractivity contribution in [1.82, 2.24) is 5.32 Å². The lowest BCUT2D eigenvalue weighted by Crippen LogP contribution is -2.32. The molecule has 2 rings (SSSR count). The Labute approximate surface area is 102 Å². The summed E-state index contributed by atoms with van der Waals surface area (Å²) < 4.78 is 0. The van der Waals surface area contributed by atoms with Crippen LogP contribution in [0.5, 0.6) is 0 Å². The zero-order valence-electron chi connectivity index (χ0n) is 10.1. The van der Waals surface area contributed by atoms with Crippen molar-refractivity contribution in [2.75, 3.05) is 11.9 Å². The minimum absolute atomic E-state index is 0.146. The van der Waals surface area contributed by atoms with Gasteiger partial charge < -0.3 is 16.4 Å². The molecule has 0 heterocycles. The standard InChI is InChI=1S/C13H19N3O/c1-13(5-6-13)9-15-12(17)16-11-4-2-3-10(7-11)8-14/h2-4,7H,5-6,8-9,14H2,1H3,(H2,15,16,17). The zero-order valence-corrected chi connectivity index (χ0v) is 10.1. The fourth-order valence-corrected chi connectivity index (χ4v) is 1.64. The highest BCUT2D eigenvalue weighted by Gasteiger charge is 2.37. The van der Waals surface area contributed by atoms with Gasteiger partial charge in [-0.25, -0.2) is 4.79 Å². The van der Waals surface area contributed by atoms with Crippen LogP contribution in [0.2, 0.25) is 0 Å². The fraction of sp³-hybridized carbons (Fsp3) is 0.462. The molecule has 1 aromatic carbocycles. The molecule has 0 bridgehead atoms. The molecule has 1 saturated carbocycles. The smallest absolute Gasteiger partial charge is 0.319 e. The molecule has 1 fully saturated rings. The quantitative estimate of drug-likeness (QED) is 0.745. The van der Waals surface area contributed by atoms with E-state index in [1.807, 2.05) is 24.3 Å². The van der Waals surface area contributed by atoms with Crippen LogP contribution in [0.1, 0.15) is 25.3 Å². The highest BCUT2D eigenvalue weighted by atomic mass is 16.2. The van der Waals surface area contributed by atoms with Crippen molar-refractivity contribution in [3.8, 4) is 0 Å². The van der Waals surface area contributed by atoms with Crippen LogP contribution in [0.3, 0.4) is 0 Å². The Morgan fingerprint density at radius 1 is 1.47 bits per heavy atom. The lowest BCUT2D eigenvalue weighted by molar-refractivity contribution is 0.250. The van der Waals surface area contributed by atoms with E-state index in [-0.39, 0.29) is 6.03 Å². The Kier molecular flexibility index (Phi) is 3.33. The molecule has 1 aliphatic carbocycles. The molecule has 0 aromatic heterocycles. The molecule has 0 spiro atoms. The molecule has 4 nitrogen and oxygen atoms in total. The Bertz CT molecular complexity index is 413. The van der Waals surface area contributed by atoms with Crippen LogP contribution in [-0.2, 0) is 6.54 Å². The van der Waals surface area contributed by atoms with Crippen LogP contribution < -0.4 is 16.4 Å². The number of amides is 2. The van der Waals surface area contributed by atoms with Gasteiger partial charge in [0, 0.05) is 18.8 Å². The number of carbonyl (C=O) groups is 1. The van der Waals surface area contributed by atoms with E-state index < -0.39 is 0 Å². The van der Waals surface area contributed by atoms with Gasteiger partial charge in [-0.15, -0.1) is 0 Å². The maximum atomic E-state index is 11.6. The predicted molar refractivity (Wildman–Crippen MR) is 68.7 cm³/mol. The summed E-state index contributed by atoms with van der Waals surface area (Å²) in [4.78, 5) is 11.6. The number of carbonyl (C=O) groups excluding carboxylic acids is 1. The van der Waals surface area contributed by atoms with Gasteiger partial charge in [-0.2, -0.15) is 0 Å².